The molecule has 2 N–H and O–H groups in total. The summed E-state index contributed by atoms with van der Waals surface area (Å²) in [4.78, 5) is 28.2. The number of pyridine rings is 1. The van der Waals surface area contributed by atoms with Crippen molar-refractivity contribution >= 4 is 21.8 Å². The molecule has 28 heavy (non-hydrogen) atoms. The monoisotopic (exact) mass is 402 g/mol. The summed E-state index contributed by atoms with van der Waals surface area (Å²) >= 11 is 0. The van der Waals surface area contributed by atoms with Crippen molar-refractivity contribution in [3.8, 4) is 0 Å². The number of sulfonamides is 1. The number of benzene rings is 1. The molecule has 0 aliphatic carbocycles. The van der Waals surface area contributed by atoms with Crippen LogP contribution in [0.15, 0.2) is 53.7 Å². The number of amides is 2. The Morgan fingerprint density at radius 2 is 1.86 bits per heavy atom. The fraction of sp³-hybridized carbons (Fsp3) is 0.316. The van der Waals surface area contributed by atoms with E-state index in [1.807, 2.05) is 6.07 Å². The normalized spacial score (nSPS) is 14.6. The van der Waals surface area contributed by atoms with Crippen LogP contribution >= 0.6 is 0 Å². The van der Waals surface area contributed by atoms with Gasteiger partial charge in [0.2, 0.25) is 15.9 Å². The molecule has 0 bridgehead atoms. The van der Waals surface area contributed by atoms with Gasteiger partial charge in [0.25, 0.3) is 5.91 Å². The lowest BCUT2D eigenvalue weighted by atomic mass is 10.1. The maximum atomic E-state index is 12.6. The largest absolute Gasteiger partial charge is 0.273 e. The van der Waals surface area contributed by atoms with Crippen molar-refractivity contribution in [3.63, 3.8) is 0 Å². The average Bonchev–Trinajstić information content (AvgIpc) is 3.27. The number of rotatable bonds is 6. The van der Waals surface area contributed by atoms with Gasteiger partial charge >= 0.3 is 0 Å². The summed E-state index contributed by atoms with van der Waals surface area (Å²) in [6, 6.07) is 9.47. The predicted octanol–water partition coefficient (Wildman–Crippen LogP) is 1.26. The fourth-order valence-electron chi connectivity index (χ4n) is 2.94. The van der Waals surface area contributed by atoms with E-state index in [0.717, 1.165) is 18.4 Å². The molecule has 148 valence electrons. The molecule has 3 rings (SSSR count). The van der Waals surface area contributed by atoms with Gasteiger partial charge in [0, 0.05) is 37.5 Å². The lowest BCUT2D eigenvalue weighted by molar-refractivity contribution is -0.121. The fourth-order valence-corrected chi connectivity index (χ4v) is 4.50. The van der Waals surface area contributed by atoms with Crippen LogP contribution in [0.4, 0.5) is 0 Å². The van der Waals surface area contributed by atoms with Crippen molar-refractivity contribution in [1.82, 2.24) is 20.1 Å². The van der Waals surface area contributed by atoms with E-state index in [1.54, 1.807) is 18.5 Å². The van der Waals surface area contributed by atoms with Gasteiger partial charge in [-0.1, -0.05) is 12.1 Å². The van der Waals surface area contributed by atoms with Crippen LogP contribution in [0, 0.1) is 0 Å². The van der Waals surface area contributed by atoms with Gasteiger partial charge in [-0.05, 0) is 49.1 Å². The van der Waals surface area contributed by atoms with E-state index in [-0.39, 0.29) is 22.8 Å². The third kappa shape index (κ3) is 4.93. The zero-order valence-electron chi connectivity index (χ0n) is 15.3. The van der Waals surface area contributed by atoms with Gasteiger partial charge < -0.3 is 0 Å². The molecule has 1 aliphatic rings. The molecule has 0 radical (unpaired) electrons. The van der Waals surface area contributed by atoms with E-state index in [2.05, 4.69) is 15.8 Å². The highest BCUT2D eigenvalue weighted by atomic mass is 32.2. The Bertz CT molecular complexity index is 941. The number of hydrogen-bond donors (Lipinski definition) is 2. The Labute approximate surface area is 164 Å². The Morgan fingerprint density at radius 3 is 2.57 bits per heavy atom. The summed E-state index contributed by atoms with van der Waals surface area (Å²) in [5, 5.41) is 0. The first-order valence-electron chi connectivity index (χ1n) is 9.05. The first-order chi connectivity index (χ1) is 13.5. The number of nitrogens with zero attached hydrogens (tertiary/aromatic N) is 2. The van der Waals surface area contributed by atoms with Crippen LogP contribution in [-0.2, 0) is 21.2 Å². The van der Waals surface area contributed by atoms with E-state index in [0.29, 0.717) is 19.5 Å². The highest BCUT2D eigenvalue weighted by molar-refractivity contribution is 7.89. The summed E-state index contributed by atoms with van der Waals surface area (Å²) < 4.78 is 26.7. The minimum absolute atomic E-state index is 0.0740. The number of hydrazine groups is 1. The molecule has 0 spiro atoms. The lowest BCUT2D eigenvalue weighted by Gasteiger charge is -2.16. The first kappa shape index (κ1) is 20.0. The molecule has 1 aromatic heterocycles. The standard InChI is InChI=1S/C19H22N4O4S/c24-18(9-8-15-5-4-10-20-14-15)21-22-19(25)16-6-3-7-17(13-16)28(26,27)23-11-1-2-12-23/h3-7,10,13-14H,1-2,8-9,11-12H2,(H,21,24)(H,22,25). The Morgan fingerprint density at radius 1 is 1.07 bits per heavy atom. The SMILES string of the molecule is O=C(CCc1cccnc1)NNC(=O)c1cccc(S(=O)(=O)N2CCCC2)c1. The molecule has 0 unspecified atom stereocenters. The van der Waals surface area contributed by atoms with Crippen LogP contribution in [0.3, 0.4) is 0 Å². The molecule has 2 amide bonds. The van der Waals surface area contributed by atoms with E-state index in [4.69, 9.17) is 0 Å². The van der Waals surface area contributed by atoms with Crippen molar-refractivity contribution in [1.29, 1.82) is 0 Å². The Kier molecular flexibility index (Phi) is 6.37. The smallest absolute Gasteiger partial charge is 0.269 e. The van der Waals surface area contributed by atoms with E-state index >= 15 is 0 Å². The third-order valence-electron chi connectivity index (χ3n) is 4.48. The highest BCUT2D eigenvalue weighted by Crippen LogP contribution is 2.21. The van der Waals surface area contributed by atoms with Gasteiger partial charge in [-0.3, -0.25) is 25.4 Å². The number of carbonyl (C=O) groups is 2. The zero-order valence-corrected chi connectivity index (χ0v) is 16.1. The maximum Gasteiger partial charge on any atom is 0.269 e. The third-order valence-corrected chi connectivity index (χ3v) is 6.37. The van der Waals surface area contributed by atoms with Crippen molar-refractivity contribution in [3.05, 3.63) is 59.9 Å². The molecule has 1 aromatic carbocycles. The minimum Gasteiger partial charge on any atom is -0.273 e. The molecule has 0 saturated carbocycles. The highest BCUT2D eigenvalue weighted by Gasteiger charge is 2.27. The van der Waals surface area contributed by atoms with Gasteiger partial charge in [0.05, 0.1) is 4.90 Å². The first-order valence-corrected chi connectivity index (χ1v) is 10.5. The van der Waals surface area contributed by atoms with Crippen molar-refractivity contribution in [2.24, 2.45) is 0 Å². The second-order valence-corrected chi connectivity index (χ2v) is 8.44. The summed E-state index contributed by atoms with van der Waals surface area (Å²) in [6.07, 6.45) is 5.70. The van der Waals surface area contributed by atoms with E-state index in [9.17, 15) is 18.0 Å². The molecule has 1 saturated heterocycles. The van der Waals surface area contributed by atoms with Gasteiger partial charge in [0.15, 0.2) is 0 Å². The molecule has 8 nitrogen and oxygen atoms in total. The molecular formula is C19H22N4O4S. The van der Waals surface area contributed by atoms with Crippen LogP contribution in [-0.4, -0.2) is 42.6 Å². The molecular weight excluding hydrogens is 380 g/mol. The number of hydrogen-bond acceptors (Lipinski definition) is 5. The molecule has 2 aromatic rings. The Balaban J connectivity index is 1.56. The van der Waals surface area contributed by atoms with Gasteiger partial charge in [0.1, 0.15) is 0 Å². The van der Waals surface area contributed by atoms with Crippen LogP contribution in [0.2, 0.25) is 0 Å². The van der Waals surface area contributed by atoms with Gasteiger partial charge in [-0.25, -0.2) is 8.42 Å². The maximum absolute atomic E-state index is 12.6. The minimum atomic E-state index is -3.61. The second kappa shape index (κ2) is 8.94. The average molecular weight is 402 g/mol. The van der Waals surface area contributed by atoms with Crippen molar-refractivity contribution in [2.45, 2.75) is 30.6 Å². The summed E-state index contributed by atoms with van der Waals surface area (Å²) in [6.45, 7) is 0.984. The number of aryl methyl sites for hydroxylation is 1. The van der Waals surface area contributed by atoms with Crippen LogP contribution < -0.4 is 10.9 Å². The Hall–Kier alpha value is -2.78. The second-order valence-electron chi connectivity index (χ2n) is 6.50. The van der Waals surface area contributed by atoms with Gasteiger partial charge in [-0.15, -0.1) is 0 Å². The summed E-state index contributed by atoms with van der Waals surface area (Å²) in [5.41, 5.74) is 5.75. The number of carbonyl (C=O) groups excluding carboxylic acids is 2. The topological polar surface area (TPSA) is 108 Å². The lowest BCUT2D eigenvalue weighted by Crippen LogP contribution is -2.41. The summed E-state index contributed by atoms with van der Waals surface area (Å²) in [5.74, 6) is -0.925. The molecule has 9 heteroatoms. The van der Waals surface area contributed by atoms with Crippen LogP contribution in [0.25, 0.3) is 0 Å². The van der Waals surface area contributed by atoms with Crippen LogP contribution in [0.1, 0.15) is 35.2 Å². The quantitative estimate of drug-likeness (QED) is 0.707. The molecule has 0 atom stereocenters. The van der Waals surface area contributed by atoms with E-state index < -0.39 is 15.9 Å². The predicted molar refractivity (Wildman–Crippen MR) is 103 cm³/mol. The summed E-state index contributed by atoms with van der Waals surface area (Å²) in [7, 11) is -3.61. The number of aromatic nitrogens is 1. The molecule has 1 fully saturated rings. The van der Waals surface area contributed by atoms with E-state index in [1.165, 1.54) is 28.6 Å². The molecule has 2 heterocycles. The van der Waals surface area contributed by atoms with Gasteiger partial charge in [-0.2, -0.15) is 4.31 Å². The zero-order chi connectivity index (χ0) is 20.0. The molecule has 1 aliphatic heterocycles. The van der Waals surface area contributed by atoms with Crippen molar-refractivity contribution < 1.29 is 18.0 Å². The van der Waals surface area contributed by atoms with Crippen LogP contribution in [0.5, 0.6) is 0 Å². The van der Waals surface area contributed by atoms with Crippen molar-refractivity contribution in [2.75, 3.05) is 13.1 Å². The number of nitrogens with one attached hydrogen (secondary N) is 2.